The molecule has 1 aliphatic heterocycles. The SMILES string of the molecule is CCc1ccc(C2NCCCN2C)cc1. The molecule has 15 heavy (non-hydrogen) atoms. The Morgan fingerprint density at radius 1 is 1.33 bits per heavy atom. The quantitative estimate of drug-likeness (QED) is 0.794. The van der Waals surface area contributed by atoms with E-state index in [0.717, 1.165) is 13.0 Å². The van der Waals surface area contributed by atoms with Crippen molar-refractivity contribution in [3.63, 3.8) is 0 Å². The first-order valence-electron chi connectivity index (χ1n) is 5.83. The topological polar surface area (TPSA) is 15.3 Å². The lowest BCUT2D eigenvalue weighted by Gasteiger charge is -2.33. The molecule has 0 aliphatic carbocycles. The first-order valence-corrected chi connectivity index (χ1v) is 5.83. The van der Waals surface area contributed by atoms with Gasteiger partial charge in [0.1, 0.15) is 0 Å². The van der Waals surface area contributed by atoms with E-state index in [1.807, 2.05) is 0 Å². The summed E-state index contributed by atoms with van der Waals surface area (Å²) in [4.78, 5) is 2.38. The molecular formula is C13H20N2. The first kappa shape index (κ1) is 10.7. The summed E-state index contributed by atoms with van der Waals surface area (Å²) in [7, 11) is 2.19. The van der Waals surface area contributed by atoms with Crippen molar-refractivity contribution in [1.82, 2.24) is 10.2 Å². The van der Waals surface area contributed by atoms with Gasteiger partial charge in [0, 0.05) is 6.54 Å². The van der Waals surface area contributed by atoms with E-state index in [4.69, 9.17) is 0 Å². The van der Waals surface area contributed by atoms with E-state index in [9.17, 15) is 0 Å². The van der Waals surface area contributed by atoms with Crippen molar-refractivity contribution in [2.45, 2.75) is 25.9 Å². The van der Waals surface area contributed by atoms with E-state index in [1.165, 1.54) is 24.1 Å². The van der Waals surface area contributed by atoms with Crippen molar-refractivity contribution in [2.24, 2.45) is 0 Å². The summed E-state index contributed by atoms with van der Waals surface area (Å²) in [5, 5.41) is 3.55. The Bertz CT molecular complexity index is 305. The second-order valence-corrected chi connectivity index (χ2v) is 4.29. The molecular weight excluding hydrogens is 184 g/mol. The maximum absolute atomic E-state index is 3.55. The Labute approximate surface area is 92.3 Å². The third kappa shape index (κ3) is 2.39. The molecule has 0 spiro atoms. The average Bonchev–Trinajstić information content (AvgIpc) is 2.30. The molecule has 1 fully saturated rings. The zero-order valence-corrected chi connectivity index (χ0v) is 9.66. The normalized spacial score (nSPS) is 22.9. The Morgan fingerprint density at radius 2 is 2.07 bits per heavy atom. The molecule has 2 nitrogen and oxygen atoms in total. The molecule has 1 N–H and O–H groups in total. The third-order valence-corrected chi connectivity index (χ3v) is 3.17. The van der Waals surface area contributed by atoms with Gasteiger partial charge in [-0.2, -0.15) is 0 Å². The molecule has 1 aromatic rings. The Kier molecular flexibility index (Phi) is 3.39. The summed E-state index contributed by atoms with van der Waals surface area (Å²) in [6.07, 6.45) is 2.78. The maximum atomic E-state index is 3.55. The smallest absolute Gasteiger partial charge is 0.0858 e. The lowest BCUT2D eigenvalue weighted by Crippen LogP contribution is -2.42. The number of benzene rings is 1. The van der Waals surface area contributed by atoms with Crippen LogP contribution in [-0.4, -0.2) is 25.0 Å². The molecule has 0 bridgehead atoms. The Hall–Kier alpha value is -0.860. The van der Waals surface area contributed by atoms with Crippen molar-refractivity contribution in [3.8, 4) is 0 Å². The molecule has 0 aromatic heterocycles. The van der Waals surface area contributed by atoms with Crippen molar-refractivity contribution in [2.75, 3.05) is 20.1 Å². The molecule has 1 unspecified atom stereocenters. The van der Waals surface area contributed by atoms with Crippen LogP contribution in [-0.2, 0) is 6.42 Å². The molecule has 82 valence electrons. The van der Waals surface area contributed by atoms with Crippen molar-refractivity contribution in [1.29, 1.82) is 0 Å². The van der Waals surface area contributed by atoms with Gasteiger partial charge >= 0.3 is 0 Å². The lowest BCUT2D eigenvalue weighted by atomic mass is 10.1. The predicted octanol–water partition coefficient (Wildman–Crippen LogP) is 2.17. The summed E-state index contributed by atoms with van der Waals surface area (Å²) >= 11 is 0. The minimum absolute atomic E-state index is 0.407. The highest BCUT2D eigenvalue weighted by molar-refractivity contribution is 5.25. The summed E-state index contributed by atoms with van der Waals surface area (Å²) in [6.45, 7) is 4.51. The number of rotatable bonds is 2. The van der Waals surface area contributed by atoms with Gasteiger partial charge in [-0.05, 0) is 37.6 Å². The summed E-state index contributed by atoms with van der Waals surface area (Å²) in [6, 6.07) is 8.97. The van der Waals surface area contributed by atoms with Gasteiger partial charge < -0.3 is 0 Å². The highest BCUT2D eigenvalue weighted by atomic mass is 15.3. The molecule has 2 rings (SSSR count). The number of aryl methyl sites for hydroxylation is 1. The zero-order valence-electron chi connectivity index (χ0n) is 9.66. The fourth-order valence-electron chi connectivity index (χ4n) is 2.16. The van der Waals surface area contributed by atoms with E-state index in [-0.39, 0.29) is 0 Å². The van der Waals surface area contributed by atoms with E-state index in [1.54, 1.807) is 0 Å². The number of hydrogen-bond acceptors (Lipinski definition) is 2. The molecule has 1 atom stereocenters. The van der Waals surface area contributed by atoms with Gasteiger partial charge in [0.2, 0.25) is 0 Å². The van der Waals surface area contributed by atoms with E-state index >= 15 is 0 Å². The van der Waals surface area contributed by atoms with Crippen molar-refractivity contribution >= 4 is 0 Å². The molecule has 1 aliphatic rings. The summed E-state index contributed by atoms with van der Waals surface area (Å²) in [5.74, 6) is 0. The third-order valence-electron chi connectivity index (χ3n) is 3.17. The van der Waals surface area contributed by atoms with Crippen LogP contribution < -0.4 is 5.32 Å². The lowest BCUT2D eigenvalue weighted by molar-refractivity contribution is 0.167. The number of nitrogens with one attached hydrogen (secondary N) is 1. The maximum Gasteiger partial charge on any atom is 0.0858 e. The van der Waals surface area contributed by atoms with E-state index < -0.39 is 0 Å². The fraction of sp³-hybridized carbons (Fsp3) is 0.538. The van der Waals surface area contributed by atoms with Gasteiger partial charge in [-0.15, -0.1) is 0 Å². The van der Waals surface area contributed by atoms with E-state index in [0.29, 0.717) is 6.17 Å². The van der Waals surface area contributed by atoms with Gasteiger partial charge in [-0.1, -0.05) is 31.2 Å². The highest BCUT2D eigenvalue weighted by Crippen LogP contribution is 2.19. The second kappa shape index (κ2) is 4.77. The summed E-state index contributed by atoms with van der Waals surface area (Å²) < 4.78 is 0. The number of nitrogens with zero attached hydrogens (tertiary/aromatic N) is 1. The molecule has 1 heterocycles. The van der Waals surface area contributed by atoms with Crippen LogP contribution in [0.3, 0.4) is 0 Å². The fourth-order valence-corrected chi connectivity index (χ4v) is 2.16. The summed E-state index contributed by atoms with van der Waals surface area (Å²) in [5.41, 5.74) is 2.80. The van der Waals surface area contributed by atoms with Gasteiger partial charge in [-0.25, -0.2) is 0 Å². The van der Waals surface area contributed by atoms with Crippen LogP contribution in [0.2, 0.25) is 0 Å². The van der Waals surface area contributed by atoms with Gasteiger partial charge in [0.05, 0.1) is 6.17 Å². The van der Waals surface area contributed by atoms with Crippen LogP contribution in [0.5, 0.6) is 0 Å². The van der Waals surface area contributed by atoms with Crippen LogP contribution in [0.25, 0.3) is 0 Å². The molecule has 2 heteroatoms. The van der Waals surface area contributed by atoms with Crippen LogP contribution >= 0.6 is 0 Å². The second-order valence-electron chi connectivity index (χ2n) is 4.29. The molecule has 0 amide bonds. The standard InChI is InChI=1S/C13H20N2/c1-3-11-5-7-12(8-6-11)13-14-9-4-10-15(13)2/h5-8,13-14H,3-4,9-10H2,1-2H3. The van der Waals surface area contributed by atoms with Crippen LogP contribution in [0.4, 0.5) is 0 Å². The largest absolute Gasteiger partial charge is 0.298 e. The molecule has 0 saturated carbocycles. The van der Waals surface area contributed by atoms with Crippen molar-refractivity contribution < 1.29 is 0 Å². The van der Waals surface area contributed by atoms with Crippen LogP contribution in [0.15, 0.2) is 24.3 Å². The van der Waals surface area contributed by atoms with E-state index in [2.05, 4.69) is 48.5 Å². The Balaban J connectivity index is 2.13. The zero-order chi connectivity index (χ0) is 10.7. The van der Waals surface area contributed by atoms with Crippen LogP contribution in [0.1, 0.15) is 30.6 Å². The molecule has 1 saturated heterocycles. The predicted molar refractivity (Wildman–Crippen MR) is 63.8 cm³/mol. The Morgan fingerprint density at radius 3 is 2.67 bits per heavy atom. The first-order chi connectivity index (χ1) is 7.31. The van der Waals surface area contributed by atoms with Gasteiger partial charge in [0.25, 0.3) is 0 Å². The minimum Gasteiger partial charge on any atom is -0.298 e. The van der Waals surface area contributed by atoms with Crippen molar-refractivity contribution in [3.05, 3.63) is 35.4 Å². The highest BCUT2D eigenvalue weighted by Gasteiger charge is 2.19. The number of hydrogen-bond donors (Lipinski definition) is 1. The van der Waals surface area contributed by atoms with Gasteiger partial charge in [-0.3, -0.25) is 10.2 Å². The van der Waals surface area contributed by atoms with Gasteiger partial charge in [0.15, 0.2) is 0 Å². The average molecular weight is 204 g/mol. The molecule has 0 radical (unpaired) electrons. The molecule has 1 aromatic carbocycles. The minimum atomic E-state index is 0.407. The monoisotopic (exact) mass is 204 g/mol. The van der Waals surface area contributed by atoms with Crippen LogP contribution in [0, 0.1) is 0 Å².